The highest BCUT2D eigenvalue weighted by Crippen LogP contribution is 2.31. The zero-order valence-corrected chi connectivity index (χ0v) is 13.1. The number of halogens is 2. The fourth-order valence-electron chi connectivity index (χ4n) is 3.10. The normalized spacial score (nSPS) is 19.3. The van der Waals surface area contributed by atoms with Crippen molar-refractivity contribution in [2.45, 2.75) is 12.3 Å². The minimum Gasteiger partial charge on any atom is -0.355 e. The Balaban J connectivity index is 1.88. The van der Waals surface area contributed by atoms with Crippen LogP contribution in [-0.4, -0.2) is 18.2 Å². The van der Waals surface area contributed by atoms with Gasteiger partial charge in [0.05, 0.1) is 5.56 Å². The van der Waals surface area contributed by atoms with Crippen LogP contribution in [0.25, 0.3) is 0 Å². The van der Waals surface area contributed by atoms with Crippen LogP contribution in [0.4, 0.5) is 8.78 Å². The molecular formula is C19H14F2N2O2. The molecule has 2 aromatic rings. The van der Waals surface area contributed by atoms with Crippen molar-refractivity contribution in [2.24, 2.45) is 5.92 Å². The van der Waals surface area contributed by atoms with Crippen molar-refractivity contribution in [1.82, 2.24) is 5.32 Å². The molecular weight excluding hydrogens is 326 g/mol. The zero-order valence-electron chi connectivity index (χ0n) is 13.1. The van der Waals surface area contributed by atoms with Crippen LogP contribution in [-0.2, 0) is 16.0 Å². The average molecular weight is 340 g/mol. The van der Waals surface area contributed by atoms with E-state index < -0.39 is 35.2 Å². The highest BCUT2D eigenvalue weighted by molar-refractivity contribution is 6.04. The lowest BCUT2D eigenvalue weighted by Crippen LogP contribution is -2.28. The van der Waals surface area contributed by atoms with Crippen molar-refractivity contribution in [3.8, 4) is 6.07 Å². The molecule has 0 radical (unpaired) electrons. The summed E-state index contributed by atoms with van der Waals surface area (Å²) >= 11 is 0. The van der Waals surface area contributed by atoms with Gasteiger partial charge in [-0.25, -0.2) is 8.78 Å². The van der Waals surface area contributed by atoms with Crippen molar-refractivity contribution < 1.29 is 18.4 Å². The van der Waals surface area contributed by atoms with Gasteiger partial charge in [0.15, 0.2) is 0 Å². The minimum absolute atomic E-state index is 0.142. The third-order valence-electron chi connectivity index (χ3n) is 4.39. The number of carbonyl (C=O) groups is 2. The third kappa shape index (κ3) is 3.26. The molecule has 1 aliphatic heterocycles. The number of nitrogens with one attached hydrogen (secondary N) is 1. The van der Waals surface area contributed by atoms with E-state index in [0.29, 0.717) is 5.56 Å². The van der Waals surface area contributed by atoms with Crippen molar-refractivity contribution in [2.75, 3.05) is 6.54 Å². The molecule has 3 rings (SSSR count). The molecule has 0 saturated carbocycles. The first kappa shape index (κ1) is 16.8. The predicted octanol–water partition coefficient (Wildman–Crippen LogP) is 2.48. The Morgan fingerprint density at radius 2 is 1.96 bits per heavy atom. The molecule has 6 heteroatoms. The second-order valence-corrected chi connectivity index (χ2v) is 5.91. The van der Waals surface area contributed by atoms with Crippen LogP contribution in [0, 0.1) is 28.9 Å². The van der Waals surface area contributed by atoms with E-state index >= 15 is 0 Å². The molecule has 0 bridgehead atoms. The van der Waals surface area contributed by atoms with Crippen LogP contribution in [0.3, 0.4) is 0 Å². The summed E-state index contributed by atoms with van der Waals surface area (Å²) in [4.78, 5) is 24.7. The number of ketones is 1. The molecule has 1 saturated heterocycles. The Labute approximate surface area is 143 Å². The number of rotatable bonds is 4. The van der Waals surface area contributed by atoms with Crippen LogP contribution >= 0.6 is 0 Å². The lowest BCUT2D eigenvalue weighted by Gasteiger charge is -2.17. The number of carbonyl (C=O) groups excluding carboxylic acids is 2. The summed E-state index contributed by atoms with van der Waals surface area (Å²) in [5.74, 6) is -3.50. The van der Waals surface area contributed by atoms with Gasteiger partial charge in [0.1, 0.15) is 29.4 Å². The van der Waals surface area contributed by atoms with Crippen molar-refractivity contribution >= 4 is 11.7 Å². The molecule has 1 fully saturated rings. The van der Waals surface area contributed by atoms with Gasteiger partial charge in [-0.05, 0) is 29.3 Å². The molecule has 25 heavy (non-hydrogen) atoms. The zero-order chi connectivity index (χ0) is 18.0. The summed E-state index contributed by atoms with van der Waals surface area (Å²) in [6.45, 7) is 0.211. The molecule has 1 amide bonds. The van der Waals surface area contributed by atoms with E-state index in [2.05, 4.69) is 5.32 Å². The molecule has 0 aromatic heterocycles. The fourth-order valence-corrected chi connectivity index (χ4v) is 3.10. The monoisotopic (exact) mass is 340 g/mol. The van der Waals surface area contributed by atoms with Gasteiger partial charge in [0, 0.05) is 18.9 Å². The maximum atomic E-state index is 13.8. The summed E-state index contributed by atoms with van der Waals surface area (Å²) in [6.07, 6.45) is -0.201. The summed E-state index contributed by atoms with van der Waals surface area (Å²) in [6, 6.07) is 11.6. The van der Waals surface area contributed by atoms with E-state index in [1.54, 1.807) is 12.1 Å². The minimum atomic E-state index is -0.989. The summed E-state index contributed by atoms with van der Waals surface area (Å²) in [5, 5.41) is 11.6. The number of nitriles is 1. The van der Waals surface area contributed by atoms with Gasteiger partial charge in [-0.3, -0.25) is 9.59 Å². The predicted molar refractivity (Wildman–Crippen MR) is 85.5 cm³/mol. The number of amides is 1. The topological polar surface area (TPSA) is 70.0 Å². The van der Waals surface area contributed by atoms with Gasteiger partial charge in [-0.15, -0.1) is 0 Å². The van der Waals surface area contributed by atoms with Gasteiger partial charge >= 0.3 is 0 Å². The van der Waals surface area contributed by atoms with E-state index in [1.165, 1.54) is 30.3 Å². The number of Topliss-reactive ketones (excluding diaryl/α,β-unsaturated/α-hetero) is 1. The quantitative estimate of drug-likeness (QED) is 0.870. The molecule has 2 aromatic carbocycles. The SMILES string of the molecule is N#Cc1cc([C@H]2CNC(=O)[C@@H]2C(=O)Cc2ccccc2F)ccc1F. The lowest BCUT2D eigenvalue weighted by atomic mass is 9.83. The molecule has 1 heterocycles. The summed E-state index contributed by atoms with van der Waals surface area (Å²) < 4.78 is 27.3. The molecule has 2 atom stereocenters. The molecule has 1 N–H and O–H groups in total. The van der Waals surface area contributed by atoms with Crippen molar-refractivity contribution in [1.29, 1.82) is 5.26 Å². The number of hydrogen-bond donors (Lipinski definition) is 1. The van der Waals surface area contributed by atoms with Crippen LogP contribution in [0.2, 0.25) is 0 Å². The number of nitrogens with zero attached hydrogens (tertiary/aromatic N) is 1. The molecule has 126 valence electrons. The van der Waals surface area contributed by atoms with E-state index in [9.17, 15) is 18.4 Å². The van der Waals surface area contributed by atoms with Gasteiger partial charge < -0.3 is 5.32 Å². The maximum Gasteiger partial charge on any atom is 0.231 e. The largest absolute Gasteiger partial charge is 0.355 e. The second-order valence-electron chi connectivity index (χ2n) is 5.91. The molecule has 0 unspecified atom stereocenters. The number of benzene rings is 2. The Morgan fingerprint density at radius 3 is 2.68 bits per heavy atom. The highest BCUT2D eigenvalue weighted by atomic mass is 19.1. The first-order valence-electron chi connectivity index (χ1n) is 7.74. The van der Waals surface area contributed by atoms with Crippen LogP contribution < -0.4 is 5.32 Å². The van der Waals surface area contributed by atoms with Crippen molar-refractivity contribution in [3.05, 3.63) is 70.8 Å². The Morgan fingerprint density at radius 1 is 1.20 bits per heavy atom. The van der Waals surface area contributed by atoms with E-state index in [4.69, 9.17) is 5.26 Å². The van der Waals surface area contributed by atoms with Gasteiger partial charge in [-0.2, -0.15) is 5.26 Å². The van der Waals surface area contributed by atoms with E-state index in [-0.39, 0.29) is 24.1 Å². The van der Waals surface area contributed by atoms with E-state index in [1.807, 2.05) is 0 Å². The van der Waals surface area contributed by atoms with Gasteiger partial charge in [0.2, 0.25) is 5.91 Å². The first-order valence-corrected chi connectivity index (χ1v) is 7.74. The molecule has 1 aliphatic rings. The van der Waals surface area contributed by atoms with Crippen LogP contribution in [0.5, 0.6) is 0 Å². The van der Waals surface area contributed by atoms with Gasteiger partial charge in [-0.1, -0.05) is 24.3 Å². The standard InChI is InChI=1S/C19H14F2N2O2/c20-15-4-2-1-3-12(15)8-17(24)18-14(10-23-19(18)25)11-5-6-16(21)13(7-11)9-22/h1-7,14,18H,8,10H2,(H,23,25)/t14-,18+/m1/s1. The molecule has 4 nitrogen and oxygen atoms in total. The molecule has 0 aliphatic carbocycles. The maximum absolute atomic E-state index is 13.8. The van der Waals surface area contributed by atoms with Gasteiger partial charge in [0.25, 0.3) is 0 Å². The third-order valence-corrected chi connectivity index (χ3v) is 4.39. The van der Waals surface area contributed by atoms with E-state index in [0.717, 1.165) is 6.07 Å². The summed E-state index contributed by atoms with van der Waals surface area (Å²) in [5.41, 5.74) is 0.614. The van der Waals surface area contributed by atoms with Crippen LogP contribution in [0.1, 0.15) is 22.6 Å². The Hall–Kier alpha value is -3.07. The fraction of sp³-hybridized carbons (Fsp3) is 0.211. The second kappa shape index (κ2) is 6.81. The summed E-state index contributed by atoms with van der Waals surface area (Å²) in [7, 11) is 0. The van der Waals surface area contributed by atoms with Crippen molar-refractivity contribution in [3.63, 3.8) is 0 Å². The Kier molecular flexibility index (Phi) is 4.57. The smallest absolute Gasteiger partial charge is 0.231 e. The number of hydrogen-bond acceptors (Lipinski definition) is 3. The lowest BCUT2D eigenvalue weighted by molar-refractivity contribution is -0.131. The highest BCUT2D eigenvalue weighted by Gasteiger charge is 2.40. The van der Waals surface area contributed by atoms with Crippen LogP contribution in [0.15, 0.2) is 42.5 Å². The average Bonchev–Trinajstić information content (AvgIpc) is 2.99. The first-order chi connectivity index (χ1) is 12.0. The Bertz CT molecular complexity index is 889. The molecule has 0 spiro atoms.